The van der Waals surface area contributed by atoms with Gasteiger partial charge in [-0.2, -0.15) is 0 Å². The minimum atomic E-state index is -0.923. The first kappa shape index (κ1) is 23.6. The van der Waals surface area contributed by atoms with Crippen molar-refractivity contribution >= 4 is 92.5 Å². The number of aliphatic carboxylic acids is 1. The Morgan fingerprint density at radius 3 is 1.89 bits per heavy atom. The fraction of sp³-hybridized carbons (Fsp3) is 0.100. The van der Waals surface area contributed by atoms with Gasteiger partial charge in [0.05, 0.1) is 0 Å². The van der Waals surface area contributed by atoms with Crippen molar-refractivity contribution in [2.75, 3.05) is 5.75 Å². The summed E-state index contributed by atoms with van der Waals surface area (Å²) in [5.74, 6) is -0.104. The van der Waals surface area contributed by atoms with Crippen LogP contribution in [0.25, 0.3) is 40.3 Å². The molecule has 36 heavy (non-hydrogen) atoms. The number of rotatable bonds is 8. The Morgan fingerprint density at radius 1 is 0.750 bits per heavy atom. The predicted molar refractivity (Wildman–Crippen MR) is 160 cm³/mol. The molecule has 0 fully saturated rings. The van der Waals surface area contributed by atoms with Crippen LogP contribution in [0.2, 0.25) is 0 Å². The predicted octanol–water partition coefficient (Wildman–Crippen LogP) is 9.71. The molecule has 0 saturated heterocycles. The molecule has 0 aliphatic heterocycles. The largest absolute Gasteiger partial charge is 0.478 e. The number of hydrogen-bond acceptors (Lipinski definition) is 5. The summed E-state index contributed by atoms with van der Waals surface area (Å²) in [7, 11) is 0. The average Bonchev–Trinajstić information content (AvgIpc) is 3.47. The quantitative estimate of drug-likeness (QED) is 0.153. The second-order valence-corrected chi connectivity index (χ2v) is 13.0. The number of benzene rings is 4. The molecule has 1 unspecified atom stereocenters. The summed E-state index contributed by atoms with van der Waals surface area (Å²) < 4.78 is 5.07. The highest BCUT2D eigenvalue weighted by Crippen LogP contribution is 2.43. The standard InChI is InChI=1S/C30H22O2S4/c1-18(30(31)32)23(34-27-15-7-11-22-20-9-3-5-13-25(20)36-29(22)27)16-17-33-26-14-6-10-21-19-8-2-4-12-24(19)35-28(21)26/h2-15,23H,1,16-17H2,(H,31,32). The van der Waals surface area contributed by atoms with Crippen LogP contribution in [0, 0.1) is 0 Å². The second kappa shape index (κ2) is 9.94. The molecule has 2 heterocycles. The van der Waals surface area contributed by atoms with E-state index in [0.29, 0.717) is 0 Å². The van der Waals surface area contributed by atoms with Crippen LogP contribution in [0.3, 0.4) is 0 Å². The van der Waals surface area contributed by atoms with Gasteiger partial charge >= 0.3 is 5.97 Å². The summed E-state index contributed by atoms with van der Waals surface area (Å²) in [5.41, 5.74) is 0.263. The minimum Gasteiger partial charge on any atom is -0.478 e. The lowest BCUT2D eigenvalue weighted by Gasteiger charge is -2.17. The molecule has 0 aliphatic rings. The van der Waals surface area contributed by atoms with Gasteiger partial charge in [0.25, 0.3) is 0 Å². The van der Waals surface area contributed by atoms with Gasteiger partial charge in [0.1, 0.15) is 0 Å². The lowest BCUT2D eigenvalue weighted by atomic mass is 10.1. The SMILES string of the molecule is C=C(C(=O)O)C(CCSc1cccc2c1sc1ccccc12)Sc1cccc2c1sc1ccccc12. The highest BCUT2D eigenvalue weighted by Gasteiger charge is 2.22. The van der Waals surface area contributed by atoms with E-state index in [4.69, 9.17) is 0 Å². The van der Waals surface area contributed by atoms with Crippen LogP contribution in [-0.4, -0.2) is 22.1 Å². The highest BCUT2D eigenvalue weighted by molar-refractivity contribution is 8.01. The van der Waals surface area contributed by atoms with Gasteiger partial charge in [-0.3, -0.25) is 0 Å². The zero-order chi connectivity index (χ0) is 24.6. The lowest BCUT2D eigenvalue weighted by molar-refractivity contribution is -0.132. The third kappa shape index (κ3) is 4.33. The van der Waals surface area contributed by atoms with Crippen LogP contribution in [0.5, 0.6) is 0 Å². The fourth-order valence-corrected chi connectivity index (χ4v) is 9.61. The maximum Gasteiger partial charge on any atom is 0.332 e. The molecule has 0 aliphatic carbocycles. The Balaban J connectivity index is 1.26. The van der Waals surface area contributed by atoms with Crippen molar-refractivity contribution < 1.29 is 9.90 Å². The van der Waals surface area contributed by atoms with Crippen LogP contribution in [-0.2, 0) is 4.79 Å². The molecule has 2 nitrogen and oxygen atoms in total. The van der Waals surface area contributed by atoms with Gasteiger partial charge < -0.3 is 5.11 Å². The van der Waals surface area contributed by atoms with Crippen LogP contribution < -0.4 is 0 Å². The zero-order valence-electron chi connectivity index (χ0n) is 19.3. The maximum absolute atomic E-state index is 11.9. The van der Waals surface area contributed by atoms with E-state index in [1.807, 2.05) is 11.3 Å². The Morgan fingerprint density at radius 2 is 1.28 bits per heavy atom. The van der Waals surface area contributed by atoms with Gasteiger partial charge in [-0.25, -0.2) is 4.79 Å². The second-order valence-electron chi connectivity index (χ2n) is 8.54. The number of thiophene rings is 2. The molecule has 1 N–H and O–H groups in total. The van der Waals surface area contributed by atoms with E-state index in [1.165, 1.54) is 45.2 Å². The van der Waals surface area contributed by atoms with Crippen molar-refractivity contribution in [1.82, 2.24) is 0 Å². The van der Waals surface area contributed by atoms with Crippen molar-refractivity contribution in [1.29, 1.82) is 0 Å². The number of hydrogen-bond donors (Lipinski definition) is 1. The third-order valence-electron chi connectivity index (χ3n) is 6.31. The molecule has 0 radical (unpaired) electrons. The molecular formula is C30H22O2S4. The molecule has 0 bridgehead atoms. The fourth-order valence-electron chi connectivity index (χ4n) is 4.52. The van der Waals surface area contributed by atoms with Gasteiger partial charge in [0, 0.05) is 61.0 Å². The van der Waals surface area contributed by atoms with Crippen LogP contribution in [0.4, 0.5) is 0 Å². The number of carboxylic acid groups (broad SMARTS) is 1. The molecule has 0 saturated carbocycles. The van der Waals surface area contributed by atoms with E-state index < -0.39 is 5.97 Å². The Labute approximate surface area is 225 Å². The smallest absolute Gasteiger partial charge is 0.332 e. The molecule has 178 valence electrons. The Kier molecular flexibility index (Phi) is 6.52. The van der Waals surface area contributed by atoms with E-state index in [9.17, 15) is 9.90 Å². The summed E-state index contributed by atoms with van der Waals surface area (Å²) in [4.78, 5) is 14.3. The van der Waals surface area contributed by atoms with Gasteiger partial charge in [0.15, 0.2) is 0 Å². The van der Waals surface area contributed by atoms with E-state index in [0.717, 1.165) is 17.1 Å². The summed E-state index contributed by atoms with van der Waals surface area (Å²) in [6, 6.07) is 29.8. The molecule has 1 atom stereocenters. The van der Waals surface area contributed by atoms with E-state index in [1.54, 1.807) is 34.9 Å². The lowest BCUT2D eigenvalue weighted by Crippen LogP contribution is -2.15. The van der Waals surface area contributed by atoms with Crippen molar-refractivity contribution in [2.45, 2.75) is 21.5 Å². The number of thioether (sulfide) groups is 2. The number of fused-ring (bicyclic) bond motifs is 6. The van der Waals surface area contributed by atoms with Crippen molar-refractivity contribution in [3.05, 3.63) is 97.1 Å². The van der Waals surface area contributed by atoms with Crippen molar-refractivity contribution in [3.8, 4) is 0 Å². The average molecular weight is 543 g/mol. The monoisotopic (exact) mass is 542 g/mol. The summed E-state index contributed by atoms with van der Waals surface area (Å²) in [6.07, 6.45) is 0.725. The third-order valence-corrected chi connectivity index (χ3v) is 11.5. The summed E-state index contributed by atoms with van der Waals surface area (Å²) >= 11 is 7.04. The molecule has 6 aromatic rings. The molecule has 2 aromatic heterocycles. The normalized spacial score (nSPS) is 12.6. The van der Waals surface area contributed by atoms with Gasteiger partial charge in [-0.05, 0) is 36.4 Å². The topological polar surface area (TPSA) is 37.3 Å². The first-order valence-corrected chi connectivity index (χ1v) is 15.1. The summed E-state index contributed by atoms with van der Waals surface area (Å²) in [5, 5.41) is 14.6. The highest BCUT2D eigenvalue weighted by atomic mass is 32.2. The maximum atomic E-state index is 11.9. The summed E-state index contributed by atoms with van der Waals surface area (Å²) in [6.45, 7) is 3.95. The first-order valence-electron chi connectivity index (χ1n) is 11.6. The number of carbonyl (C=O) groups is 1. The van der Waals surface area contributed by atoms with E-state index >= 15 is 0 Å². The molecule has 4 aromatic carbocycles. The van der Waals surface area contributed by atoms with Crippen LogP contribution in [0.1, 0.15) is 6.42 Å². The van der Waals surface area contributed by atoms with E-state index in [2.05, 4.69) is 91.5 Å². The molecular weight excluding hydrogens is 521 g/mol. The minimum absolute atomic E-state index is 0.201. The van der Waals surface area contributed by atoms with Crippen LogP contribution in [0.15, 0.2) is 107 Å². The number of carboxylic acids is 1. The van der Waals surface area contributed by atoms with Crippen molar-refractivity contribution in [2.24, 2.45) is 0 Å². The molecule has 0 amide bonds. The first-order chi connectivity index (χ1) is 17.6. The van der Waals surface area contributed by atoms with E-state index in [-0.39, 0.29) is 10.8 Å². The van der Waals surface area contributed by atoms with Crippen LogP contribution >= 0.6 is 46.2 Å². The Hall–Kier alpha value is -2.77. The molecule has 6 rings (SSSR count). The zero-order valence-corrected chi connectivity index (χ0v) is 22.5. The van der Waals surface area contributed by atoms with Gasteiger partial charge in [0.2, 0.25) is 0 Å². The molecule has 6 heteroatoms. The van der Waals surface area contributed by atoms with Crippen molar-refractivity contribution in [3.63, 3.8) is 0 Å². The molecule has 0 spiro atoms. The van der Waals surface area contributed by atoms with Gasteiger partial charge in [-0.15, -0.1) is 46.2 Å². The Bertz CT molecular complexity index is 1760. The van der Waals surface area contributed by atoms with Gasteiger partial charge in [-0.1, -0.05) is 67.2 Å².